The van der Waals surface area contributed by atoms with Crippen LogP contribution in [-0.2, 0) is 9.59 Å². The van der Waals surface area contributed by atoms with E-state index in [0.29, 0.717) is 10.2 Å². The zero-order valence-corrected chi connectivity index (χ0v) is 13.1. The molecule has 1 atom stereocenters. The highest BCUT2D eigenvalue weighted by molar-refractivity contribution is 9.11. The van der Waals surface area contributed by atoms with Gasteiger partial charge in [0, 0.05) is 8.95 Å². The lowest BCUT2D eigenvalue weighted by molar-refractivity contribution is -0.145. The molecule has 1 unspecified atom stereocenters. The van der Waals surface area contributed by atoms with Gasteiger partial charge >= 0.3 is 18.0 Å². The Hall–Kier alpha value is -1.61. The number of anilines is 1. The average Bonchev–Trinajstić information content (AvgIpc) is 2.31. The molecule has 1 aromatic carbocycles. The number of aliphatic carboxylic acids is 2. The second-order valence-corrected chi connectivity index (χ2v) is 5.48. The van der Waals surface area contributed by atoms with Crippen molar-refractivity contribution in [1.29, 1.82) is 0 Å². The molecule has 0 aliphatic carbocycles. The lowest BCUT2D eigenvalue weighted by Crippen LogP contribution is -2.44. The van der Waals surface area contributed by atoms with E-state index < -0.39 is 30.4 Å². The number of carbonyl (C=O) groups is 3. The number of rotatable bonds is 5. The van der Waals surface area contributed by atoms with Gasteiger partial charge in [-0.3, -0.25) is 4.79 Å². The summed E-state index contributed by atoms with van der Waals surface area (Å²) in [5.41, 5.74) is 0.421. The number of urea groups is 1. The highest BCUT2D eigenvalue weighted by Crippen LogP contribution is 2.25. The lowest BCUT2D eigenvalue weighted by Gasteiger charge is -2.14. The lowest BCUT2D eigenvalue weighted by atomic mass is 10.2. The van der Waals surface area contributed by atoms with Crippen molar-refractivity contribution in [2.24, 2.45) is 0 Å². The standard InChI is InChI=1S/C11H10Br2N2O5/c12-5-1-2-7(6(13)3-5)14-11(20)15-8(10(18)19)4-9(16)17/h1-3,8H,4H2,(H,16,17)(H,18,19)(H2,14,15,20). The number of nitrogens with one attached hydrogen (secondary N) is 2. The summed E-state index contributed by atoms with van der Waals surface area (Å²) in [6.45, 7) is 0. The van der Waals surface area contributed by atoms with Gasteiger partial charge in [-0.25, -0.2) is 9.59 Å². The zero-order chi connectivity index (χ0) is 15.3. The van der Waals surface area contributed by atoms with Gasteiger partial charge in [-0.2, -0.15) is 0 Å². The van der Waals surface area contributed by atoms with E-state index in [-0.39, 0.29) is 0 Å². The predicted octanol–water partition coefficient (Wildman–Crippen LogP) is 2.26. The number of benzene rings is 1. The Morgan fingerprint density at radius 2 is 1.85 bits per heavy atom. The van der Waals surface area contributed by atoms with Gasteiger partial charge in [0.05, 0.1) is 12.1 Å². The van der Waals surface area contributed by atoms with Crippen LogP contribution in [0.1, 0.15) is 6.42 Å². The Kier molecular flexibility index (Phi) is 5.96. The third-order valence-electron chi connectivity index (χ3n) is 2.16. The molecule has 0 heterocycles. The first-order valence-electron chi connectivity index (χ1n) is 5.26. The minimum absolute atomic E-state index is 0.421. The van der Waals surface area contributed by atoms with Gasteiger partial charge in [-0.15, -0.1) is 0 Å². The summed E-state index contributed by atoms with van der Waals surface area (Å²) >= 11 is 6.48. The van der Waals surface area contributed by atoms with Crippen molar-refractivity contribution in [1.82, 2.24) is 5.32 Å². The van der Waals surface area contributed by atoms with Crippen molar-refractivity contribution in [3.05, 3.63) is 27.1 Å². The molecule has 0 spiro atoms. The molecule has 0 aliphatic heterocycles. The third kappa shape index (κ3) is 5.17. The first-order valence-corrected chi connectivity index (χ1v) is 6.85. The molecule has 2 amide bonds. The second kappa shape index (κ2) is 7.25. The van der Waals surface area contributed by atoms with Gasteiger partial charge in [0.15, 0.2) is 0 Å². The first kappa shape index (κ1) is 16.4. The van der Waals surface area contributed by atoms with E-state index in [2.05, 4.69) is 42.5 Å². The maximum absolute atomic E-state index is 11.6. The zero-order valence-electron chi connectivity index (χ0n) is 9.89. The fourth-order valence-corrected chi connectivity index (χ4v) is 2.43. The van der Waals surface area contributed by atoms with Crippen LogP contribution in [0, 0.1) is 0 Å². The molecule has 4 N–H and O–H groups in total. The van der Waals surface area contributed by atoms with Crippen LogP contribution in [0.3, 0.4) is 0 Å². The van der Waals surface area contributed by atoms with Crippen molar-refractivity contribution in [3.8, 4) is 0 Å². The Morgan fingerprint density at radius 3 is 2.35 bits per heavy atom. The number of amides is 2. The van der Waals surface area contributed by atoms with Gasteiger partial charge in [0.1, 0.15) is 6.04 Å². The molecule has 0 radical (unpaired) electrons. The monoisotopic (exact) mass is 408 g/mol. The summed E-state index contributed by atoms with van der Waals surface area (Å²) < 4.78 is 1.39. The first-order chi connectivity index (χ1) is 9.29. The van der Waals surface area contributed by atoms with E-state index in [0.717, 1.165) is 4.47 Å². The number of hydrogen-bond acceptors (Lipinski definition) is 3. The van der Waals surface area contributed by atoms with Gasteiger partial charge in [0.2, 0.25) is 0 Å². The molecule has 1 rings (SSSR count). The van der Waals surface area contributed by atoms with Crippen LogP contribution >= 0.6 is 31.9 Å². The summed E-state index contributed by atoms with van der Waals surface area (Å²) in [5.74, 6) is -2.74. The molecule has 0 aliphatic rings. The Bertz CT molecular complexity index is 550. The average molecular weight is 410 g/mol. The summed E-state index contributed by atoms with van der Waals surface area (Å²) in [6.07, 6.45) is -0.704. The summed E-state index contributed by atoms with van der Waals surface area (Å²) in [4.78, 5) is 32.9. The molecule has 0 saturated carbocycles. The maximum atomic E-state index is 11.6. The quantitative estimate of drug-likeness (QED) is 0.595. The predicted molar refractivity (Wildman–Crippen MR) is 77.7 cm³/mol. The summed E-state index contributed by atoms with van der Waals surface area (Å²) in [6, 6.07) is 2.68. The molecule has 0 fully saturated rings. The fraction of sp³-hybridized carbons (Fsp3) is 0.182. The van der Waals surface area contributed by atoms with Crippen molar-refractivity contribution < 1.29 is 24.6 Å². The van der Waals surface area contributed by atoms with Gasteiger partial charge < -0.3 is 20.8 Å². The largest absolute Gasteiger partial charge is 0.481 e. The number of halogens is 2. The molecular weight excluding hydrogens is 400 g/mol. The molecule has 0 aromatic heterocycles. The summed E-state index contributed by atoms with van der Waals surface area (Å²) in [5, 5.41) is 21.9. The minimum Gasteiger partial charge on any atom is -0.481 e. The highest BCUT2D eigenvalue weighted by atomic mass is 79.9. The van der Waals surface area contributed by atoms with E-state index in [4.69, 9.17) is 10.2 Å². The molecule has 9 heteroatoms. The molecule has 0 saturated heterocycles. The molecule has 1 aromatic rings. The van der Waals surface area contributed by atoms with Gasteiger partial charge in [0.25, 0.3) is 0 Å². The molecule has 108 valence electrons. The Morgan fingerprint density at radius 1 is 1.20 bits per heavy atom. The Balaban J connectivity index is 2.70. The van der Waals surface area contributed by atoms with Crippen LogP contribution in [0.15, 0.2) is 27.1 Å². The Labute approximate surface area is 130 Å². The maximum Gasteiger partial charge on any atom is 0.326 e. The molecule has 7 nitrogen and oxygen atoms in total. The van der Waals surface area contributed by atoms with Crippen LogP contribution in [0.2, 0.25) is 0 Å². The van der Waals surface area contributed by atoms with E-state index in [1.165, 1.54) is 0 Å². The van der Waals surface area contributed by atoms with Crippen LogP contribution in [0.5, 0.6) is 0 Å². The minimum atomic E-state index is -1.50. The highest BCUT2D eigenvalue weighted by Gasteiger charge is 2.23. The van der Waals surface area contributed by atoms with Crippen molar-refractivity contribution >= 4 is 55.5 Å². The molecular formula is C11H10Br2N2O5. The van der Waals surface area contributed by atoms with Crippen molar-refractivity contribution in [3.63, 3.8) is 0 Å². The van der Waals surface area contributed by atoms with Crippen LogP contribution in [0.4, 0.5) is 10.5 Å². The van der Waals surface area contributed by atoms with Gasteiger partial charge in [-0.1, -0.05) is 15.9 Å². The second-order valence-electron chi connectivity index (χ2n) is 3.71. The number of carbonyl (C=O) groups excluding carboxylic acids is 1. The van der Waals surface area contributed by atoms with E-state index >= 15 is 0 Å². The van der Waals surface area contributed by atoms with Crippen LogP contribution in [-0.4, -0.2) is 34.2 Å². The normalized spacial score (nSPS) is 11.5. The number of hydrogen-bond donors (Lipinski definition) is 4. The van der Waals surface area contributed by atoms with E-state index in [9.17, 15) is 14.4 Å². The van der Waals surface area contributed by atoms with E-state index in [1.54, 1.807) is 18.2 Å². The molecule has 0 bridgehead atoms. The van der Waals surface area contributed by atoms with Crippen molar-refractivity contribution in [2.75, 3.05) is 5.32 Å². The third-order valence-corrected chi connectivity index (χ3v) is 3.31. The molecule has 20 heavy (non-hydrogen) atoms. The fourth-order valence-electron chi connectivity index (χ4n) is 1.28. The smallest absolute Gasteiger partial charge is 0.326 e. The van der Waals surface area contributed by atoms with Crippen LogP contribution < -0.4 is 10.6 Å². The number of carboxylic acids is 2. The summed E-state index contributed by atoms with van der Waals surface area (Å²) in [7, 11) is 0. The van der Waals surface area contributed by atoms with Crippen molar-refractivity contribution in [2.45, 2.75) is 12.5 Å². The number of carboxylic acid groups (broad SMARTS) is 2. The van der Waals surface area contributed by atoms with Crippen LogP contribution in [0.25, 0.3) is 0 Å². The van der Waals surface area contributed by atoms with Gasteiger partial charge in [-0.05, 0) is 34.1 Å². The van der Waals surface area contributed by atoms with E-state index in [1.807, 2.05) is 0 Å². The SMILES string of the molecule is O=C(O)CC(NC(=O)Nc1ccc(Br)cc1Br)C(=O)O. The topological polar surface area (TPSA) is 116 Å².